The number of H-pyrrole nitrogens is 2. The van der Waals surface area contributed by atoms with Gasteiger partial charge in [-0.1, -0.05) is 60.7 Å². The Kier molecular flexibility index (Phi) is 10.9. The van der Waals surface area contributed by atoms with E-state index in [0.717, 1.165) is 92.9 Å². The molecule has 14 heteroatoms. The fourth-order valence-corrected chi connectivity index (χ4v) is 10.2. The van der Waals surface area contributed by atoms with Crippen LogP contribution in [0.2, 0.25) is 0 Å². The number of hydrogen-bond donors (Lipinski definition) is 4. The lowest BCUT2D eigenvalue weighted by Crippen LogP contribution is -2.53. The lowest BCUT2D eigenvalue weighted by molar-refractivity contribution is -0.138. The molecule has 0 spiro atoms. The van der Waals surface area contributed by atoms with E-state index in [1.165, 1.54) is 0 Å². The molecule has 0 aliphatic carbocycles. The third-order valence-electron chi connectivity index (χ3n) is 13.3. The molecule has 324 valence electrons. The standard InChI is InChI=1S/C49H52N8O6/c1-55(2)44(30-8-4-3-5-9-30)48(59)57-21-6-10-39(57)45-50-27-37(51-45)35-15-14-31-24-32(12-13-33(31)25-35)34-16-17-36-41(26-34)63-28-38-43(36)53-46(52-38)40-11-7-20-56(40)47(58)42(54-49(60)61)29-18-22-62-23-19-29/h3-5,8-9,12-17,24-27,29,39-40,42,44,54H,6-7,10-11,18-23,28H2,1-2H3,(H,50,51)(H,52,53)(H,60,61). The van der Waals surface area contributed by atoms with Crippen LogP contribution in [0.3, 0.4) is 0 Å². The number of rotatable bonds is 10. The maximum absolute atomic E-state index is 14.0. The Morgan fingerprint density at radius 3 is 2.19 bits per heavy atom. The van der Waals surface area contributed by atoms with Gasteiger partial charge in [0.25, 0.3) is 0 Å². The Hall–Kier alpha value is -6.51. The summed E-state index contributed by atoms with van der Waals surface area (Å²) in [7, 11) is 3.91. The molecule has 3 fully saturated rings. The molecule has 4 unspecified atom stereocenters. The minimum absolute atomic E-state index is 0.0913. The van der Waals surface area contributed by atoms with E-state index in [1.807, 2.05) is 66.5 Å². The molecular weight excluding hydrogens is 797 g/mol. The fourth-order valence-electron chi connectivity index (χ4n) is 10.2. The monoisotopic (exact) mass is 848 g/mol. The number of hydrogen-bond acceptors (Lipinski definition) is 8. The number of imidazole rings is 2. The van der Waals surface area contributed by atoms with Crippen molar-refractivity contribution in [2.75, 3.05) is 40.4 Å². The number of carbonyl (C=O) groups is 3. The van der Waals surface area contributed by atoms with Crippen LogP contribution >= 0.6 is 0 Å². The number of carbonyl (C=O) groups excluding carboxylic acids is 2. The number of aromatic amines is 2. The van der Waals surface area contributed by atoms with E-state index >= 15 is 0 Å². The van der Waals surface area contributed by atoms with Gasteiger partial charge in [0.05, 0.1) is 35.4 Å². The molecular formula is C49H52N8O6. The van der Waals surface area contributed by atoms with Crippen LogP contribution in [-0.2, 0) is 20.9 Å². The number of likely N-dealkylation sites (tertiary alicyclic amines) is 2. The smallest absolute Gasteiger partial charge is 0.405 e. The van der Waals surface area contributed by atoms with E-state index in [0.29, 0.717) is 51.6 Å². The third-order valence-corrected chi connectivity index (χ3v) is 13.3. The van der Waals surface area contributed by atoms with Gasteiger partial charge in [-0.3, -0.25) is 14.5 Å². The van der Waals surface area contributed by atoms with Gasteiger partial charge >= 0.3 is 6.09 Å². The van der Waals surface area contributed by atoms with Gasteiger partial charge in [-0.2, -0.15) is 0 Å². The molecule has 0 radical (unpaired) electrons. The van der Waals surface area contributed by atoms with Crippen molar-refractivity contribution in [2.24, 2.45) is 5.92 Å². The van der Waals surface area contributed by atoms with Crippen LogP contribution in [0.1, 0.15) is 79.6 Å². The van der Waals surface area contributed by atoms with Gasteiger partial charge in [0.2, 0.25) is 11.8 Å². The largest absolute Gasteiger partial charge is 0.487 e. The van der Waals surface area contributed by atoms with E-state index in [4.69, 9.17) is 19.4 Å². The van der Waals surface area contributed by atoms with Crippen molar-refractivity contribution >= 4 is 28.7 Å². The summed E-state index contributed by atoms with van der Waals surface area (Å²) >= 11 is 0. The van der Waals surface area contributed by atoms with Crippen LogP contribution in [0.5, 0.6) is 5.75 Å². The molecule has 4 N–H and O–H groups in total. The summed E-state index contributed by atoms with van der Waals surface area (Å²) in [6, 6.07) is 27.5. The summed E-state index contributed by atoms with van der Waals surface area (Å²) < 4.78 is 11.8. The maximum atomic E-state index is 14.0. The number of nitrogens with one attached hydrogen (secondary N) is 3. The van der Waals surface area contributed by atoms with E-state index in [-0.39, 0.29) is 35.9 Å². The summed E-state index contributed by atoms with van der Waals surface area (Å²) in [6.07, 6.45) is 5.27. The zero-order chi connectivity index (χ0) is 43.2. The van der Waals surface area contributed by atoms with Gasteiger partial charge in [0.1, 0.15) is 36.1 Å². The fraction of sp³-hybridized carbons (Fsp3) is 0.367. The topological polar surface area (TPSA) is 169 Å². The van der Waals surface area contributed by atoms with Gasteiger partial charge in [0.15, 0.2) is 0 Å². The quantitative estimate of drug-likeness (QED) is 0.107. The predicted molar refractivity (Wildman–Crippen MR) is 238 cm³/mol. The van der Waals surface area contributed by atoms with Crippen LogP contribution in [0.25, 0.3) is 44.4 Å². The molecule has 4 atom stereocenters. The molecule has 6 heterocycles. The molecule has 3 saturated heterocycles. The van der Waals surface area contributed by atoms with Gasteiger partial charge in [-0.25, -0.2) is 14.8 Å². The summed E-state index contributed by atoms with van der Waals surface area (Å²) in [5.41, 5.74) is 7.56. The number of fused-ring (bicyclic) bond motifs is 4. The zero-order valence-electron chi connectivity index (χ0n) is 35.5. The summed E-state index contributed by atoms with van der Waals surface area (Å²) in [5, 5.41) is 14.3. The van der Waals surface area contributed by atoms with Crippen LogP contribution in [-0.4, -0.2) is 104 Å². The van der Waals surface area contributed by atoms with Crippen LogP contribution in [0.4, 0.5) is 4.79 Å². The van der Waals surface area contributed by atoms with Crippen molar-refractivity contribution in [3.05, 3.63) is 114 Å². The summed E-state index contributed by atoms with van der Waals surface area (Å²) in [6.45, 7) is 2.59. The number of likely N-dealkylation sites (N-methyl/N-ethyl adjacent to an activating group) is 1. The average Bonchev–Trinajstić information content (AvgIpc) is 4.15. The first-order valence-corrected chi connectivity index (χ1v) is 22.0. The Bertz CT molecular complexity index is 2670. The summed E-state index contributed by atoms with van der Waals surface area (Å²) in [5.74, 6) is 2.02. The van der Waals surface area contributed by atoms with E-state index in [9.17, 15) is 19.5 Å². The van der Waals surface area contributed by atoms with E-state index in [2.05, 4.69) is 63.8 Å². The lowest BCUT2D eigenvalue weighted by atomic mass is 9.90. The molecule has 4 aromatic carbocycles. The van der Waals surface area contributed by atoms with Gasteiger partial charge < -0.3 is 39.7 Å². The third kappa shape index (κ3) is 7.82. The van der Waals surface area contributed by atoms with Crippen LogP contribution in [0.15, 0.2) is 91.1 Å². The number of ether oxygens (including phenoxy) is 2. The molecule has 6 aromatic rings. The SMILES string of the molecule is CN(C)C(C(=O)N1CCCC1c1ncc(-c2ccc3cc(-c4ccc5c(c4)OCc4[nH]c(C6CCCN6C(=O)C(NC(=O)O)C6CCOCC6)nc4-5)ccc3c2)[nH]1)c1ccccc1. The highest BCUT2D eigenvalue weighted by molar-refractivity contribution is 5.91. The van der Waals surface area contributed by atoms with E-state index in [1.54, 1.807) is 4.90 Å². The molecule has 2 aromatic heterocycles. The van der Waals surface area contributed by atoms with Crippen LogP contribution < -0.4 is 10.1 Å². The molecule has 3 amide bonds. The first-order chi connectivity index (χ1) is 30.7. The molecule has 4 aliphatic heterocycles. The Balaban J connectivity index is 0.846. The maximum Gasteiger partial charge on any atom is 0.405 e. The predicted octanol–water partition coefficient (Wildman–Crippen LogP) is 7.87. The van der Waals surface area contributed by atoms with Crippen molar-refractivity contribution in [3.63, 3.8) is 0 Å². The highest BCUT2D eigenvalue weighted by Crippen LogP contribution is 2.42. The zero-order valence-corrected chi connectivity index (χ0v) is 35.5. The van der Waals surface area contributed by atoms with Crippen molar-refractivity contribution in [1.82, 2.24) is 40.0 Å². The summed E-state index contributed by atoms with van der Waals surface area (Å²) in [4.78, 5) is 62.4. The minimum Gasteiger partial charge on any atom is -0.487 e. The first kappa shape index (κ1) is 40.6. The van der Waals surface area contributed by atoms with Crippen molar-refractivity contribution in [2.45, 2.75) is 69.3 Å². The number of carboxylic acid groups (broad SMARTS) is 1. The number of amides is 3. The van der Waals surface area contributed by atoms with Gasteiger partial charge in [-0.15, -0.1) is 0 Å². The lowest BCUT2D eigenvalue weighted by Gasteiger charge is -2.33. The minimum atomic E-state index is -1.20. The highest BCUT2D eigenvalue weighted by atomic mass is 16.5. The second kappa shape index (κ2) is 17.0. The molecule has 14 nitrogen and oxygen atoms in total. The molecule has 10 rings (SSSR count). The Morgan fingerprint density at radius 1 is 0.794 bits per heavy atom. The van der Waals surface area contributed by atoms with Gasteiger partial charge in [-0.05, 0) is 110 Å². The second-order valence-corrected chi connectivity index (χ2v) is 17.4. The van der Waals surface area contributed by atoms with Crippen LogP contribution in [0, 0.1) is 5.92 Å². The van der Waals surface area contributed by atoms with E-state index < -0.39 is 12.1 Å². The number of benzene rings is 4. The molecule has 0 saturated carbocycles. The van der Waals surface area contributed by atoms with Crippen molar-refractivity contribution < 1.29 is 29.0 Å². The van der Waals surface area contributed by atoms with Crippen molar-refractivity contribution in [3.8, 4) is 39.4 Å². The number of nitrogens with zero attached hydrogens (tertiary/aromatic N) is 5. The second-order valence-electron chi connectivity index (χ2n) is 17.4. The Labute approximate surface area is 365 Å². The van der Waals surface area contributed by atoms with Gasteiger partial charge in [0, 0.05) is 37.4 Å². The average molecular weight is 849 g/mol. The molecule has 4 aliphatic rings. The molecule has 63 heavy (non-hydrogen) atoms. The first-order valence-electron chi connectivity index (χ1n) is 22.0. The number of aromatic nitrogens is 4. The van der Waals surface area contributed by atoms with Crippen molar-refractivity contribution in [1.29, 1.82) is 0 Å². The Morgan fingerprint density at radius 2 is 1.46 bits per heavy atom. The highest BCUT2D eigenvalue weighted by Gasteiger charge is 2.41. The normalized spacial score (nSPS) is 19.7. The molecule has 0 bridgehead atoms.